The van der Waals surface area contributed by atoms with Crippen molar-refractivity contribution in [2.24, 2.45) is 0 Å². The molecule has 0 radical (unpaired) electrons. The van der Waals surface area contributed by atoms with Crippen molar-refractivity contribution in [1.29, 1.82) is 0 Å². The van der Waals surface area contributed by atoms with E-state index >= 15 is 0 Å². The Morgan fingerprint density at radius 2 is 1.85 bits per heavy atom. The molecule has 2 heterocycles. The van der Waals surface area contributed by atoms with Gasteiger partial charge in [-0.2, -0.15) is 0 Å². The van der Waals surface area contributed by atoms with Gasteiger partial charge in [0.15, 0.2) is 0 Å². The van der Waals surface area contributed by atoms with Gasteiger partial charge in [-0.05, 0) is 30.3 Å². The third kappa shape index (κ3) is 4.41. The number of para-hydroxylation sites is 1. The standard InChI is InChI=1S/C19H15N3O4/c1-13(23)25-17-7-3-2-6-16(17)19(24)22-14-8-9-18(21-11-14)26-15-5-4-10-20-12-15/h2-12H,1H3,(H,22,24). The number of benzene rings is 1. The predicted molar refractivity (Wildman–Crippen MR) is 94.3 cm³/mol. The van der Waals surface area contributed by atoms with Crippen LogP contribution in [0, 0.1) is 0 Å². The van der Waals surface area contributed by atoms with Crippen LogP contribution < -0.4 is 14.8 Å². The summed E-state index contributed by atoms with van der Waals surface area (Å²) < 4.78 is 10.6. The van der Waals surface area contributed by atoms with Crippen LogP contribution in [0.15, 0.2) is 67.1 Å². The largest absolute Gasteiger partial charge is 0.437 e. The molecule has 26 heavy (non-hydrogen) atoms. The quantitative estimate of drug-likeness (QED) is 0.560. The van der Waals surface area contributed by atoms with Crippen molar-refractivity contribution in [3.8, 4) is 17.4 Å². The molecule has 0 saturated carbocycles. The van der Waals surface area contributed by atoms with Gasteiger partial charge in [-0.15, -0.1) is 0 Å². The highest BCUT2D eigenvalue weighted by molar-refractivity contribution is 6.06. The van der Waals surface area contributed by atoms with Gasteiger partial charge in [0.2, 0.25) is 5.88 Å². The Morgan fingerprint density at radius 3 is 2.54 bits per heavy atom. The van der Waals surface area contributed by atoms with Gasteiger partial charge in [0.05, 0.1) is 23.6 Å². The number of carbonyl (C=O) groups is 2. The molecule has 1 amide bonds. The molecular weight excluding hydrogens is 334 g/mol. The van der Waals surface area contributed by atoms with Gasteiger partial charge in [-0.3, -0.25) is 14.6 Å². The van der Waals surface area contributed by atoms with E-state index in [1.165, 1.54) is 13.1 Å². The van der Waals surface area contributed by atoms with E-state index in [1.807, 2.05) is 0 Å². The molecule has 0 atom stereocenters. The van der Waals surface area contributed by atoms with Gasteiger partial charge in [0, 0.05) is 19.2 Å². The maximum atomic E-state index is 12.4. The summed E-state index contributed by atoms with van der Waals surface area (Å²) in [6, 6.07) is 13.3. The first kappa shape index (κ1) is 17.1. The maximum absolute atomic E-state index is 12.4. The number of rotatable bonds is 5. The van der Waals surface area contributed by atoms with Crippen molar-refractivity contribution in [1.82, 2.24) is 9.97 Å². The highest BCUT2D eigenvalue weighted by Gasteiger charge is 2.14. The Hall–Kier alpha value is -3.74. The van der Waals surface area contributed by atoms with Crippen molar-refractivity contribution in [2.75, 3.05) is 5.32 Å². The normalized spacial score (nSPS) is 10.0. The smallest absolute Gasteiger partial charge is 0.308 e. The lowest BCUT2D eigenvalue weighted by Gasteiger charge is -2.10. The van der Waals surface area contributed by atoms with Crippen LogP contribution in [0.1, 0.15) is 17.3 Å². The molecule has 2 aromatic heterocycles. The maximum Gasteiger partial charge on any atom is 0.308 e. The SMILES string of the molecule is CC(=O)Oc1ccccc1C(=O)Nc1ccc(Oc2cccnc2)nc1. The summed E-state index contributed by atoms with van der Waals surface area (Å²) in [7, 11) is 0. The lowest BCUT2D eigenvalue weighted by molar-refractivity contribution is -0.131. The van der Waals surface area contributed by atoms with Crippen LogP contribution in [0.5, 0.6) is 17.4 Å². The highest BCUT2D eigenvalue weighted by Crippen LogP contribution is 2.22. The minimum Gasteiger partial charge on any atom is -0.437 e. The average molecular weight is 349 g/mol. The minimum absolute atomic E-state index is 0.196. The number of hydrogen-bond donors (Lipinski definition) is 1. The van der Waals surface area contributed by atoms with Crippen molar-refractivity contribution in [3.05, 3.63) is 72.7 Å². The van der Waals surface area contributed by atoms with Crippen LogP contribution in [-0.2, 0) is 4.79 Å². The first-order chi connectivity index (χ1) is 12.6. The van der Waals surface area contributed by atoms with Gasteiger partial charge in [0.25, 0.3) is 5.91 Å². The molecule has 0 unspecified atom stereocenters. The highest BCUT2D eigenvalue weighted by atomic mass is 16.5. The molecule has 0 fully saturated rings. The Labute approximate surface area is 149 Å². The summed E-state index contributed by atoms with van der Waals surface area (Å²) in [6.45, 7) is 1.28. The zero-order valence-electron chi connectivity index (χ0n) is 13.9. The molecule has 3 aromatic rings. The summed E-state index contributed by atoms with van der Waals surface area (Å²) >= 11 is 0. The molecule has 1 N–H and O–H groups in total. The first-order valence-electron chi connectivity index (χ1n) is 7.74. The van der Waals surface area contributed by atoms with Crippen LogP contribution >= 0.6 is 0 Å². The molecule has 3 rings (SSSR count). The molecular formula is C19H15N3O4. The number of amides is 1. The molecule has 0 aliphatic rings. The predicted octanol–water partition coefficient (Wildman–Crippen LogP) is 3.45. The fraction of sp³-hybridized carbons (Fsp3) is 0.0526. The third-order valence-corrected chi connectivity index (χ3v) is 3.24. The van der Waals surface area contributed by atoms with Gasteiger partial charge in [-0.1, -0.05) is 12.1 Å². The number of pyridine rings is 2. The topological polar surface area (TPSA) is 90.4 Å². The Kier molecular flexibility index (Phi) is 5.19. The molecule has 0 aliphatic carbocycles. The lowest BCUT2D eigenvalue weighted by Crippen LogP contribution is -2.15. The van der Waals surface area contributed by atoms with E-state index in [-0.39, 0.29) is 11.3 Å². The van der Waals surface area contributed by atoms with E-state index in [0.717, 1.165) is 0 Å². The van der Waals surface area contributed by atoms with Crippen LogP contribution in [0.4, 0.5) is 5.69 Å². The fourth-order valence-corrected chi connectivity index (χ4v) is 2.14. The van der Waals surface area contributed by atoms with E-state index in [0.29, 0.717) is 17.3 Å². The molecule has 7 heteroatoms. The van der Waals surface area contributed by atoms with Gasteiger partial charge < -0.3 is 14.8 Å². The van der Waals surface area contributed by atoms with Crippen molar-refractivity contribution >= 4 is 17.6 Å². The second kappa shape index (κ2) is 7.89. The summed E-state index contributed by atoms with van der Waals surface area (Å²) in [5, 5.41) is 2.70. The lowest BCUT2D eigenvalue weighted by atomic mass is 10.2. The number of esters is 1. The van der Waals surface area contributed by atoms with E-state index in [2.05, 4.69) is 15.3 Å². The van der Waals surface area contributed by atoms with Gasteiger partial charge in [0.1, 0.15) is 11.5 Å². The second-order valence-corrected chi connectivity index (χ2v) is 5.22. The van der Waals surface area contributed by atoms with Crippen molar-refractivity contribution in [2.45, 2.75) is 6.92 Å². The Bertz CT molecular complexity index is 912. The number of ether oxygens (including phenoxy) is 2. The number of carbonyl (C=O) groups excluding carboxylic acids is 2. The molecule has 0 spiro atoms. The van der Waals surface area contributed by atoms with E-state index < -0.39 is 11.9 Å². The summed E-state index contributed by atoms with van der Waals surface area (Å²) in [4.78, 5) is 31.7. The van der Waals surface area contributed by atoms with E-state index in [9.17, 15) is 9.59 Å². The molecule has 1 aromatic carbocycles. The zero-order valence-corrected chi connectivity index (χ0v) is 13.9. The fourth-order valence-electron chi connectivity index (χ4n) is 2.14. The molecule has 130 valence electrons. The number of anilines is 1. The molecule has 0 aliphatic heterocycles. The second-order valence-electron chi connectivity index (χ2n) is 5.22. The molecule has 7 nitrogen and oxygen atoms in total. The van der Waals surface area contributed by atoms with E-state index in [1.54, 1.807) is 60.9 Å². The van der Waals surface area contributed by atoms with Crippen LogP contribution in [0.2, 0.25) is 0 Å². The Balaban J connectivity index is 1.69. The van der Waals surface area contributed by atoms with Gasteiger partial charge >= 0.3 is 5.97 Å². The van der Waals surface area contributed by atoms with Crippen molar-refractivity contribution < 1.29 is 19.1 Å². The van der Waals surface area contributed by atoms with Crippen LogP contribution in [-0.4, -0.2) is 21.8 Å². The molecule has 0 bridgehead atoms. The van der Waals surface area contributed by atoms with Crippen LogP contribution in [0.3, 0.4) is 0 Å². The Morgan fingerprint density at radius 1 is 1.00 bits per heavy atom. The van der Waals surface area contributed by atoms with Crippen molar-refractivity contribution in [3.63, 3.8) is 0 Å². The van der Waals surface area contributed by atoms with E-state index in [4.69, 9.17) is 9.47 Å². The number of aromatic nitrogens is 2. The molecule has 0 saturated heterocycles. The minimum atomic E-state index is -0.496. The first-order valence-corrected chi connectivity index (χ1v) is 7.74. The average Bonchev–Trinajstić information content (AvgIpc) is 2.64. The number of hydrogen-bond acceptors (Lipinski definition) is 6. The summed E-state index contributed by atoms with van der Waals surface area (Å²) in [5.74, 6) is 0.221. The monoisotopic (exact) mass is 349 g/mol. The van der Waals surface area contributed by atoms with Gasteiger partial charge in [-0.25, -0.2) is 4.98 Å². The summed E-state index contributed by atoms with van der Waals surface area (Å²) in [5.41, 5.74) is 0.726. The number of nitrogens with one attached hydrogen (secondary N) is 1. The third-order valence-electron chi connectivity index (χ3n) is 3.24. The summed E-state index contributed by atoms with van der Waals surface area (Å²) in [6.07, 6.45) is 4.69. The number of nitrogens with zero attached hydrogens (tertiary/aromatic N) is 2. The van der Waals surface area contributed by atoms with Crippen LogP contribution in [0.25, 0.3) is 0 Å². The zero-order chi connectivity index (χ0) is 18.4.